The van der Waals surface area contributed by atoms with Gasteiger partial charge in [0.05, 0.1) is 19.1 Å². The lowest BCUT2D eigenvalue weighted by molar-refractivity contribution is -0.141. The number of amides is 2. The van der Waals surface area contributed by atoms with Gasteiger partial charge in [0.1, 0.15) is 11.8 Å². The van der Waals surface area contributed by atoms with Crippen molar-refractivity contribution < 1.29 is 22.7 Å². The van der Waals surface area contributed by atoms with E-state index >= 15 is 0 Å². The number of hydrogen-bond acceptors (Lipinski definition) is 5. The molecule has 0 aromatic heterocycles. The minimum absolute atomic E-state index is 0.0870. The van der Waals surface area contributed by atoms with Crippen LogP contribution in [0.1, 0.15) is 45.6 Å². The molecule has 2 aromatic rings. The molecule has 0 aliphatic rings. The molecule has 204 valence electrons. The van der Waals surface area contributed by atoms with Crippen molar-refractivity contribution in [1.82, 2.24) is 10.2 Å². The summed E-state index contributed by atoms with van der Waals surface area (Å²) in [4.78, 5) is 28.1. The largest absolute Gasteiger partial charge is 0.497 e. The fourth-order valence-corrected chi connectivity index (χ4v) is 4.97. The fourth-order valence-electron chi connectivity index (χ4n) is 3.88. The predicted octanol–water partition coefficient (Wildman–Crippen LogP) is 4.47. The summed E-state index contributed by atoms with van der Waals surface area (Å²) in [7, 11) is -1.98. The Kier molecular flexibility index (Phi) is 11.7. The zero-order chi connectivity index (χ0) is 27.6. The number of anilines is 1. The Balaban J connectivity index is 2.20. The molecule has 0 aliphatic heterocycles. The lowest BCUT2D eigenvalue weighted by Gasteiger charge is -2.31. The monoisotopic (exact) mass is 551 g/mol. The highest BCUT2D eigenvalue weighted by molar-refractivity contribution is 7.92. The summed E-state index contributed by atoms with van der Waals surface area (Å²) >= 11 is 5.95. The van der Waals surface area contributed by atoms with Crippen molar-refractivity contribution in [3.8, 4) is 5.75 Å². The predicted molar refractivity (Wildman–Crippen MR) is 148 cm³/mol. The second-order valence-electron chi connectivity index (χ2n) is 9.35. The molecule has 2 amide bonds. The molecule has 0 aliphatic carbocycles. The first kappa shape index (κ1) is 30.4. The first-order valence-corrected chi connectivity index (χ1v) is 14.6. The molecule has 1 atom stereocenters. The minimum atomic E-state index is -3.56. The molecule has 1 N–H and O–H groups in total. The number of hydrogen-bond donors (Lipinski definition) is 1. The van der Waals surface area contributed by atoms with Crippen molar-refractivity contribution in [2.24, 2.45) is 5.92 Å². The molecule has 2 aromatic carbocycles. The van der Waals surface area contributed by atoms with Crippen molar-refractivity contribution in [2.45, 2.75) is 52.6 Å². The number of carbonyl (C=O) groups excluding carboxylic acids is 2. The minimum Gasteiger partial charge on any atom is -0.497 e. The summed E-state index contributed by atoms with van der Waals surface area (Å²) in [5.41, 5.74) is 1.34. The highest BCUT2D eigenvalue weighted by Gasteiger charge is 2.29. The molecule has 0 heterocycles. The number of halogens is 1. The standard InChI is InChI=1S/C27H38ClN3O5S/c1-6-25(27(33)29-18-20(2)3)30(19-21-9-15-24(36-4)16-10-21)26(32)8-7-17-31(37(5,34)35)23-13-11-22(28)12-14-23/h9-16,20,25H,6-8,17-19H2,1-5H3,(H,29,33). The topological polar surface area (TPSA) is 96.0 Å². The first-order valence-electron chi connectivity index (χ1n) is 12.4. The number of methoxy groups -OCH3 is 1. The number of nitrogens with one attached hydrogen (secondary N) is 1. The Morgan fingerprint density at radius 2 is 1.68 bits per heavy atom. The highest BCUT2D eigenvalue weighted by atomic mass is 35.5. The van der Waals surface area contributed by atoms with Crippen LogP contribution in [0.2, 0.25) is 5.02 Å². The van der Waals surface area contributed by atoms with Gasteiger partial charge in [0, 0.05) is 31.1 Å². The van der Waals surface area contributed by atoms with E-state index in [9.17, 15) is 18.0 Å². The number of carbonyl (C=O) groups is 2. The Morgan fingerprint density at radius 1 is 1.05 bits per heavy atom. The SMILES string of the molecule is CCC(C(=O)NCC(C)C)N(Cc1ccc(OC)cc1)C(=O)CCCN(c1ccc(Cl)cc1)S(C)(=O)=O. The number of sulfonamides is 1. The molecule has 0 saturated carbocycles. The van der Waals surface area contributed by atoms with Gasteiger partial charge in [-0.1, -0.05) is 44.5 Å². The van der Waals surface area contributed by atoms with Gasteiger partial charge in [-0.25, -0.2) is 8.42 Å². The number of benzene rings is 2. The molecule has 0 saturated heterocycles. The van der Waals surface area contributed by atoms with Gasteiger partial charge in [-0.05, 0) is 60.7 Å². The summed E-state index contributed by atoms with van der Waals surface area (Å²) in [6.45, 7) is 6.79. The summed E-state index contributed by atoms with van der Waals surface area (Å²) in [5, 5.41) is 3.44. The van der Waals surface area contributed by atoms with E-state index in [4.69, 9.17) is 16.3 Å². The normalized spacial score (nSPS) is 12.2. The zero-order valence-electron chi connectivity index (χ0n) is 22.2. The van der Waals surface area contributed by atoms with Gasteiger partial charge in [0.25, 0.3) is 0 Å². The zero-order valence-corrected chi connectivity index (χ0v) is 23.8. The van der Waals surface area contributed by atoms with Crippen LogP contribution in [0.25, 0.3) is 0 Å². The van der Waals surface area contributed by atoms with E-state index < -0.39 is 16.1 Å². The number of rotatable bonds is 14. The molecule has 0 bridgehead atoms. The van der Waals surface area contributed by atoms with Crippen molar-refractivity contribution in [3.63, 3.8) is 0 Å². The highest BCUT2D eigenvalue weighted by Crippen LogP contribution is 2.22. The molecule has 10 heteroatoms. The molecule has 0 radical (unpaired) electrons. The fraction of sp³-hybridized carbons (Fsp3) is 0.481. The summed E-state index contributed by atoms with van der Waals surface area (Å²) in [6.07, 6.45) is 1.96. The van der Waals surface area contributed by atoms with Crippen LogP contribution in [-0.4, -0.2) is 57.6 Å². The lowest BCUT2D eigenvalue weighted by atomic mass is 10.1. The maximum absolute atomic E-state index is 13.5. The van der Waals surface area contributed by atoms with Gasteiger partial charge in [0.15, 0.2) is 0 Å². The van der Waals surface area contributed by atoms with Gasteiger partial charge in [-0.15, -0.1) is 0 Å². The van der Waals surface area contributed by atoms with Crippen LogP contribution < -0.4 is 14.4 Å². The van der Waals surface area contributed by atoms with Crippen LogP contribution in [0.4, 0.5) is 5.69 Å². The Bertz CT molecular complexity index is 1120. The van der Waals surface area contributed by atoms with E-state index in [0.717, 1.165) is 11.8 Å². The third kappa shape index (κ3) is 9.55. The molecule has 8 nitrogen and oxygen atoms in total. The van der Waals surface area contributed by atoms with Crippen molar-refractivity contribution in [2.75, 3.05) is 30.8 Å². The van der Waals surface area contributed by atoms with Gasteiger partial charge in [-0.3, -0.25) is 13.9 Å². The van der Waals surface area contributed by atoms with Crippen molar-refractivity contribution in [3.05, 3.63) is 59.1 Å². The van der Waals surface area contributed by atoms with Crippen LogP contribution in [-0.2, 0) is 26.2 Å². The van der Waals surface area contributed by atoms with E-state index in [1.807, 2.05) is 45.0 Å². The third-order valence-electron chi connectivity index (χ3n) is 5.85. The maximum atomic E-state index is 13.5. The van der Waals surface area contributed by atoms with Crippen LogP contribution >= 0.6 is 11.6 Å². The summed E-state index contributed by atoms with van der Waals surface area (Å²) in [5.74, 6) is 0.567. The smallest absolute Gasteiger partial charge is 0.242 e. The Morgan fingerprint density at radius 3 is 2.19 bits per heavy atom. The molecule has 37 heavy (non-hydrogen) atoms. The van der Waals surface area contributed by atoms with E-state index in [0.29, 0.717) is 29.4 Å². The van der Waals surface area contributed by atoms with Crippen molar-refractivity contribution in [1.29, 1.82) is 0 Å². The van der Waals surface area contributed by atoms with Crippen LogP contribution in [0.15, 0.2) is 48.5 Å². The number of ether oxygens (including phenoxy) is 1. The van der Waals surface area contributed by atoms with E-state index in [2.05, 4.69) is 5.32 Å². The molecular formula is C27H38ClN3O5S. The van der Waals surface area contributed by atoms with Gasteiger partial charge in [-0.2, -0.15) is 0 Å². The quantitative estimate of drug-likeness (QED) is 0.373. The third-order valence-corrected chi connectivity index (χ3v) is 7.30. The first-order chi connectivity index (χ1) is 17.5. The second kappa shape index (κ2) is 14.2. The molecule has 0 spiro atoms. The van der Waals surface area contributed by atoms with E-state index in [1.54, 1.807) is 36.3 Å². The van der Waals surface area contributed by atoms with Crippen LogP contribution in [0.5, 0.6) is 5.75 Å². The summed E-state index contributed by atoms with van der Waals surface area (Å²) < 4.78 is 31.3. The molecule has 2 rings (SSSR count). The van der Waals surface area contributed by atoms with E-state index in [1.165, 1.54) is 4.31 Å². The molecular weight excluding hydrogens is 514 g/mol. The lowest BCUT2D eigenvalue weighted by Crippen LogP contribution is -2.49. The van der Waals surface area contributed by atoms with Crippen molar-refractivity contribution >= 4 is 39.1 Å². The molecule has 1 unspecified atom stereocenters. The van der Waals surface area contributed by atoms with Crippen LogP contribution in [0, 0.1) is 5.92 Å². The average molecular weight is 552 g/mol. The number of nitrogens with zero attached hydrogens (tertiary/aromatic N) is 2. The average Bonchev–Trinajstić information content (AvgIpc) is 2.85. The van der Waals surface area contributed by atoms with Crippen LogP contribution in [0.3, 0.4) is 0 Å². The Labute approximate surface area is 226 Å². The Hall–Kier alpha value is -2.78. The summed E-state index contributed by atoms with van der Waals surface area (Å²) in [6, 6.07) is 13.2. The molecule has 0 fully saturated rings. The van der Waals surface area contributed by atoms with Gasteiger partial charge < -0.3 is 15.0 Å². The van der Waals surface area contributed by atoms with Gasteiger partial charge in [0.2, 0.25) is 21.8 Å². The van der Waals surface area contributed by atoms with Gasteiger partial charge >= 0.3 is 0 Å². The van der Waals surface area contributed by atoms with E-state index in [-0.39, 0.29) is 43.7 Å². The second-order valence-corrected chi connectivity index (χ2v) is 11.7. The maximum Gasteiger partial charge on any atom is 0.242 e.